The van der Waals surface area contributed by atoms with Crippen LogP contribution >= 0.6 is 0 Å². The third-order valence-corrected chi connectivity index (χ3v) is 4.91. The van der Waals surface area contributed by atoms with Crippen LogP contribution < -0.4 is 0 Å². The van der Waals surface area contributed by atoms with Gasteiger partial charge in [0.05, 0.1) is 5.92 Å². The number of benzene rings is 1. The van der Waals surface area contributed by atoms with Crippen molar-refractivity contribution in [2.24, 2.45) is 11.8 Å². The molecule has 0 aromatic heterocycles. The zero-order valence-corrected chi connectivity index (χ0v) is 17.6. The number of aliphatic hydroxyl groups is 1. The number of hydrogen-bond donors (Lipinski definition) is 2. The minimum absolute atomic E-state index is 0.130. The molecule has 27 heavy (non-hydrogen) atoms. The first-order chi connectivity index (χ1) is 12.8. The van der Waals surface area contributed by atoms with E-state index >= 15 is 0 Å². The second-order valence-electron chi connectivity index (χ2n) is 7.18. The largest absolute Gasteiger partial charge is 0.481 e. The van der Waals surface area contributed by atoms with Crippen LogP contribution in [0.25, 0.3) is 0 Å². The molecule has 1 aromatic carbocycles. The summed E-state index contributed by atoms with van der Waals surface area (Å²) in [6.45, 7) is 12.4. The van der Waals surface area contributed by atoms with E-state index in [1.807, 2.05) is 44.2 Å². The predicted molar refractivity (Wildman–Crippen MR) is 115 cm³/mol. The van der Waals surface area contributed by atoms with Crippen LogP contribution in [0.2, 0.25) is 0 Å². The normalized spacial score (nSPS) is 15.6. The number of rotatable bonds is 6. The second-order valence-corrected chi connectivity index (χ2v) is 7.18. The van der Waals surface area contributed by atoms with Gasteiger partial charge in [-0.2, -0.15) is 0 Å². The molecular weight excluding hydrogens is 336 g/mol. The Morgan fingerprint density at radius 3 is 2.15 bits per heavy atom. The lowest BCUT2D eigenvalue weighted by atomic mass is 9.86. The highest BCUT2D eigenvalue weighted by Gasteiger charge is 2.12. The van der Waals surface area contributed by atoms with E-state index in [1.54, 1.807) is 5.57 Å². The van der Waals surface area contributed by atoms with E-state index < -0.39 is 5.97 Å². The fraction of sp³-hybridized carbons (Fsp3) is 0.542. The van der Waals surface area contributed by atoms with Crippen LogP contribution in [0.4, 0.5) is 0 Å². The molecule has 0 fully saturated rings. The minimum Gasteiger partial charge on any atom is -0.481 e. The van der Waals surface area contributed by atoms with E-state index in [0.717, 1.165) is 25.2 Å². The molecule has 0 saturated carbocycles. The second kappa shape index (κ2) is 15.2. The van der Waals surface area contributed by atoms with E-state index in [0.29, 0.717) is 0 Å². The van der Waals surface area contributed by atoms with Crippen LogP contribution in [0.5, 0.6) is 0 Å². The third kappa shape index (κ3) is 12.2. The van der Waals surface area contributed by atoms with Gasteiger partial charge in [0.15, 0.2) is 0 Å². The SMILES string of the molecule is C=C(C)C1CC=C(C)CC1.CCC(CC)C(=O)O.OCCc1ccccc1. The number of carboxylic acid groups (broad SMARTS) is 1. The summed E-state index contributed by atoms with van der Waals surface area (Å²) in [6, 6.07) is 9.95. The van der Waals surface area contributed by atoms with Crippen LogP contribution in [-0.4, -0.2) is 22.8 Å². The molecule has 3 heteroatoms. The van der Waals surface area contributed by atoms with Crippen molar-refractivity contribution in [3.8, 4) is 0 Å². The molecule has 0 bridgehead atoms. The Kier molecular flexibility index (Phi) is 14.2. The summed E-state index contributed by atoms with van der Waals surface area (Å²) < 4.78 is 0. The first kappa shape index (κ1) is 25.1. The molecule has 0 radical (unpaired) electrons. The van der Waals surface area contributed by atoms with Crippen molar-refractivity contribution < 1.29 is 15.0 Å². The van der Waals surface area contributed by atoms with Gasteiger partial charge in [-0.3, -0.25) is 4.79 Å². The number of carboxylic acids is 1. The zero-order valence-electron chi connectivity index (χ0n) is 17.6. The van der Waals surface area contributed by atoms with Crippen LogP contribution in [0.15, 0.2) is 54.1 Å². The number of hydrogen-bond acceptors (Lipinski definition) is 2. The molecule has 1 atom stereocenters. The van der Waals surface area contributed by atoms with E-state index in [9.17, 15) is 4.79 Å². The molecule has 0 amide bonds. The average Bonchev–Trinajstić information content (AvgIpc) is 2.65. The fourth-order valence-electron chi connectivity index (χ4n) is 2.82. The molecule has 2 rings (SSSR count). The quantitative estimate of drug-likeness (QED) is 0.597. The summed E-state index contributed by atoms with van der Waals surface area (Å²) in [5.41, 5.74) is 4.10. The molecule has 0 heterocycles. The molecule has 2 N–H and O–H groups in total. The molecule has 0 saturated heterocycles. The summed E-state index contributed by atoms with van der Waals surface area (Å²) in [6.07, 6.45) is 8.41. The van der Waals surface area contributed by atoms with Crippen molar-refractivity contribution in [2.75, 3.05) is 6.61 Å². The molecule has 1 unspecified atom stereocenters. The highest BCUT2D eigenvalue weighted by atomic mass is 16.4. The van der Waals surface area contributed by atoms with Crippen molar-refractivity contribution in [1.82, 2.24) is 0 Å². The molecule has 0 aliphatic heterocycles. The number of aliphatic carboxylic acids is 1. The van der Waals surface area contributed by atoms with Crippen LogP contribution in [0.3, 0.4) is 0 Å². The van der Waals surface area contributed by atoms with E-state index in [2.05, 4.69) is 26.5 Å². The van der Waals surface area contributed by atoms with Crippen LogP contribution in [-0.2, 0) is 11.2 Å². The topological polar surface area (TPSA) is 57.5 Å². The summed E-state index contributed by atoms with van der Waals surface area (Å²) in [5, 5.41) is 16.9. The smallest absolute Gasteiger partial charge is 0.306 e. The summed E-state index contributed by atoms with van der Waals surface area (Å²) in [4.78, 5) is 10.2. The Morgan fingerprint density at radius 2 is 1.81 bits per heavy atom. The van der Waals surface area contributed by atoms with Gasteiger partial charge in [0.1, 0.15) is 0 Å². The maximum Gasteiger partial charge on any atom is 0.306 e. The summed E-state index contributed by atoms with van der Waals surface area (Å²) in [7, 11) is 0. The summed E-state index contributed by atoms with van der Waals surface area (Å²) in [5.74, 6) is -0.0336. The van der Waals surface area contributed by atoms with Crippen molar-refractivity contribution in [2.45, 2.75) is 66.2 Å². The Morgan fingerprint density at radius 1 is 1.22 bits per heavy atom. The van der Waals surface area contributed by atoms with Gasteiger partial charge in [-0.05, 0) is 63.9 Å². The van der Waals surface area contributed by atoms with E-state index in [-0.39, 0.29) is 12.5 Å². The van der Waals surface area contributed by atoms with E-state index in [1.165, 1.54) is 30.4 Å². The highest BCUT2D eigenvalue weighted by molar-refractivity contribution is 5.69. The molecule has 0 spiro atoms. The van der Waals surface area contributed by atoms with Gasteiger partial charge in [-0.1, -0.05) is 68.0 Å². The maximum absolute atomic E-state index is 10.2. The molecule has 152 valence electrons. The van der Waals surface area contributed by atoms with Gasteiger partial charge in [0, 0.05) is 6.61 Å². The highest BCUT2D eigenvalue weighted by Crippen LogP contribution is 2.27. The van der Waals surface area contributed by atoms with Gasteiger partial charge in [-0.15, -0.1) is 0 Å². The standard InChI is InChI=1S/C10H16.C8H10O.C6H12O2/c1-8(2)10-6-4-9(3)5-7-10;9-7-6-8-4-2-1-3-5-8;1-3-5(4-2)6(7)8/h4,10H,1,5-7H2,2-3H3;1-5,9H,6-7H2;5H,3-4H2,1-2H3,(H,7,8). The minimum atomic E-state index is -0.671. The molecular formula is C24H38O3. The fourth-order valence-corrected chi connectivity index (χ4v) is 2.82. The van der Waals surface area contributed by atoms with Gasteiger partial charge in [-0.25, -0.2) is 0 Å². The van der Waals surface area contributed by atoms with Crippen molar-refractivity contribution in [3.63, 3.8) is 0 Å². The van der Waals surface area contributed by atoms with Crippen molar-refractivity contribution in [3.05, 3.63) is 59.7 Å². The maximum atomic E-state index is 10.2. The van der Waals surface area contributed by atoms with Crippen molar-refractivity contribution >= 4 is 5.97 Å². The van der Waals surface area contributed by atoms with Gasteiger partial charge in [0.2, 0.25) is 0 Å². The summed E-state index contributed by atoms with van der Waals surface area (Å²) >= 11 is 0. The van der Waals surface area contributed by atoms with Crippen LogP contribution in [0, 0.1) is 11.8 Å². The lowest BCUT2D eigenvalue weighted by Crippen LogP contribution is -2.10. The molecule has 1 aliphatic rings. The Balaban J connectivity index is 0.000000379. The van der Waals surface area contributed by atoms with Gasteiger partial charge >= 0.3 is 5.97 Å². The zero-order chi connectivity index (χ0) is 20.7. The van der Waals surface area contributed by atoms with Crippen molar-refractivity contribution in [1.29, 1.82) is 0 Å². The lowest BCUT2D eigenvalue weighted by molar-refractivity contribution is -0.141. The number of aliphatic hydroxyl groups excluding tert-OH is 1. The lowest BCUT2D eigenvalue weighted by Gasteiger charge is -2.19. The molecule has 3 nitrogen and oxygen atoms in total. The van der Waals surface area contributed by atoms with Gasteiger partial charge < -0.3 is 10.2 Å². The number of allylic oxidation sites excluding steroid dienone is 3. The average molecular weight is 375 g/mol. The first-order valence-corrected chi connectivity index (χ1v) is 10.0. The Bertz CT molecular complexity index is 556. The van der Waals surface area contributed by atoms with Crippen LogP contribution in [0.1, 0.15) is 65.4 Å². The Labute approximate surface area is 165 Å². The third-order valence-electron chi connectivity index (χ3n) is 4.91. The van der Waals surface area contributed by atoms with E-state index in [4.69, 9.17) is 10.2 Å². The molecule has 1 aliphatic carbocycles. The molecule has 1 aromatic rings. The Hall–Kier alpha value is -1.87. The number of carbonyl (C=O) groups is 1. The first-order valence-electron chi connectivity index (χ1n) is 10.0. The monoisotopic (exact) mass is 374 g/mol. The van der Waals surface area contributed by atoms with Gasteiger partial charge in [0.25, 0.3) is 0 Å². The predicted octanol–water partition coefficient (Wildman–Crippen LogP) is 6.04.